The molecule has 25 heavy (non-hydrogen) atoms. The molecule has 0 bridgehead atoms. The summed E-state index contributed by atoms with van der Waals surface area (Å²) >= 11 is 3.24. The topological polar surface area (TPSA) is 70.0 Å². The van der Waals surface area contributed by atoms with E-state index in [1.807, 2.05) is 35.7 Å². The van der Waals surface area contributed by atoms with Crippen LogP contribution in [-0.4, -0.2) is 34.7 Å². The molecule has 0 saturated heterocycles. The zero-order valence-electron chi connectivity index (χ0n) is 13.6. The normalized spacial score (nSPS) is 11.4. The lowest BCUT2D eigenvalue weighted by Gasteiger charge is -2.05. The molecule has 0 fully saturated rings. The molecule has 0 N–H and O–H groups in total. The Kier molecular flexibility index (Phi) is 4.41. The maximum atomic E-state index is 12.3. The molecule has 7 nitrogen and oxygen atoms in total. The Hall–Kier alpha value is -2.39. The lowest BCUT2D eigenvalue weighted by atomic mass is 10.4. The van der Waals surface area contributed by atoms with Gasteiger partial charge in [-0.05, 0) is 30.5 Å². The van der Waals surface area contributed by atoms with E-state index < -0.39 is 0 Å². The molecule has 0 atom stereocenters. The molecule has 4 rings (SSSR count). The number of thiophene rings is 1. The first-order valence-corrected chi connectivity index (χ1v) is 9.78. The Morgan fingerprint density at radius 2 is 2.12 bits per heavy atom. The molecule has 0 amide bonds. The summed E-state index contributed by atoms with van der Waals surface area (Å²) < 4.78 is 5.15. The van der Waals surface area contributed by atoms with Gasteiger partial charge in [0, 0.05) is 18.5 Å². The largest absolute Gasteiger partial charge is 0.350 e. The Morgan fingerprint density at radius 3 is 2.88 bits per heavy atom. The third-order valence-corrected chi connectivity index (χ3v) is 5.61. The summed E-state index contributed by atoms with van der Waals surface area (Å²) in [6.07, 6.45) is 1.73. The Bertz CT molecular complexity index is 1050. The molecular weight excluding hydrogens is 356 g/mol. The Labute approximate surface area is 151 Å². The van der Waals surface area contributed by atoms with Crippen LogP contribution >= 0.6 is 23.1 Å². The van der Waals surface area contributed by atoms with Crippen molar-refractivity contribution in [2.24, 2.45) is 0 Å². The van der Waals surface area contributed by atoms with E-state index in [2.05, 4.69) is 26.8 Å². The van der Waals surface area contributed by atoms with Crippen LogP contribution in [0.5, 0.6) is 0 Å². The Morgan fingerprint density at radius 1 is 1.20 bits per heavy atom. The van der Waals surface area contributed by atoms with Gasteiger partial charge in [0.2, 0.25) is 0 Å². The van der Waals surface area contributed by atoms with Crippen molar-refractivity contribution in [3.05, 3.63) is 52.4 Å². The van der Waals surface area contributed by atoms with Gasteiger partial charge in [-0.3, -0.25) is 4.40 Å². The summed E-state index contributed by atoms with van der Waals surface area (Å²) in [5, 5.41) is 15.9. The van der Waals surface area contributed by atoms with Crippen molar-refractivity contribution in [2.45, 2.75) is 25.2 Å². The molecule has 9 heteroatoms. The van der Waals surface area contributed by atoms with E-state index in [1.165, 1.54) is 4.68 Å². The number of rotatable bonds is 6. The molecule has 0 unspecified atom stereocenters. The van der Waals surface area contributed by atoms with Gasteiger partial charge in [-0.1, -0.05) is 23.9 Å². The second-order valence-electron chi connectivity index (χ2n) is 5.31. The lowest BCUT2D eigenvalue weighted by Crippen LogP contribution is -2.22. The van der Waals surface area contributed by atoms with Crippen LogP contribution in [0.1, 0.15) is 6.92 Å². The van der Waals surface area contributed by atoms with E-state index in [4.69, 9.17) is 0 Å². The molecule has 128 valence electrons. The van der Waals surface area contributed by atoms with Crippen molar-refractivity contribution < 1.29 is 0 Å². The van der Waals surface area contributed by atoms with Crippen molar-refractivity contribution >= 4 is 28.7 Å². The van der Waals surface area contributed by atoms with Crippen molar-refractivity contribution in [2.75, 3.05) is 5.75 Å². The highest BCUT2D eigenvalue weighted by Crippen LogP contribution is 2.27. The molecule has 0 aliphatic heterocycles. The molecule has 4 heterocycles. The number of thioether (sulfide) groups is 1. The van der Waals surface area contributed by atoms with Crippen LogP contribution in [0.4, 0.5) is 0 Å². The zero-order valence-corrected chi connectivity index (χ0v) is 15.2. The number of hydrogen-bond acceptors (Lipinski definition) is 6. The molecule has 0 aliphatic rings. The maximum Gasteiger partial charge on any atom is 0.350 e. The lowest BCUT2D eigenvalue weighted by molar-refractivity contribution is 0.636. The minimum absolute atomic E-state index is 0.118. The van der Waals surface area contributed by atoms with Crippen LogP contribution in [-0.2, 0) is 13.1 Å². The number of fused-ring (bicyclic) bond motifs is 1. The van der Waals surface area contributed by atoms with Crippen LogP contribution in [0.25, 0.3) is 16.3 Å². The standard InChI is InChI=1S/C16H16N6OS2/c1-2-20-14(12-6-5-10-24-12)17-18-15(20)25-11-9-22-16(23)21-8-4-3-7-13(21)19-22/h3-8,10H,2,9,11H2,1H3. The average molecular weight is 372 g/mol. The predicted molar refractivity (Wildman–Crippen MR) is 99.2 cm³/mol. The second-order valence-corrected chi connectivity index (χ2v) is 7.32. The van der Waals surface area contributed by atoms with Crippen molar-refractivity contribution in [3.63, 3.8) is 0 Å². The second kappa shape index (κ2) is 6.85. The molecule has 0 saturated carbocycles. The van der Waals surface area contributed by atoms with E-state index in [0.29, 0.717) is 17.9 Å². The van der Waals surface area contributed by atoms with Crippen molar-refractivity contribution in [3.8, 4) is 10.7 Å². The summed E-state index contributed by atoms with van der Waals surface area (Å²) in [7, 11) is 0. The summed E-state index contributed by atoms with van der Waals surface area (Å²) in [6.45, 7) is 3.41. The van der Waals surface area contributed by atoms with Gasteiger partial charge >= 0.3 is 5.69 Å². The van der Waals surface area contributed by atoms with Gasteiger partial charge in [0.15, 0.2) is 16.6 Å². The number of nitrogens with zero attached hydrogens (tertiary/aromatic N) is 6. The summed E-state index contributed by atoms with van der Waals surface area (Å²) in [4.78, 5) is 13.4. The van der Waals surface area contributed by atoms with Gasteiger partial charge in [-0.15, -0.1) is 26.6 Å². The van der Waals surface area contributed by atoms with Gasteiger partial charge in [0.25, 0.3) is 0 Å². The monoisotopic (exact) mass is 372 g/mol. The molecule has 4 aromatic rings. The SMILES string of the molecule is CCn1c(SCCn2nc3ccccn3c2=O)nnc1-c1cccs1. The van der Waals surface area contributed by atoms with Gasteiger partial charge in [0.1, 0.15) is 0 Å². The van der Waals surface area contributed by atoms with Gasteiger partial charge < -0.3 is 4.57 Å². The van der Waals surface area contributed by atoms with Crippen LogP contribution in [0.3, 0.4) is 0 Å². The summed E-state index contributed by atoms with van der Waals surface area (Å²) in [5.74, 6) is 1.59. The number of aromatic nitrogens is 6. The van der Waals surface area contributed by atoms with Gasteiger partial charge in [-0.2, -0.15) is 0 Å². The smallest absolute Gasteiger partial charge is 0.302 e. The number of aryl methyl sites for hydroxylation is 1. The zero-order chi connectivity index (χ0) is 17.2. The van der Waals surface area contributed by atoms with Crippen LogP contribution < -0.4 is 5.69 Å². The third-order valence-electron chi connectivity index (χ3n) is 3.80. The quantitative estimate of drug-likeness (QED) is 0.487. The summed E-state index contributed by atoms with van der Waals surface area (Å²) in [6, 6.07) is 9.58. The highest BCUT2D eigenvalue weighted by molar-refractivity contribution is 7.99. The molecular formula is C16H16N6OS2. The van der Waals surface area contributed by atoms with E-state index in [9.17, 15) is 4.79 Å². The molecule has 0 aliphatic carbocycles. The minimum atomic E-state index is -0.118. The predicted octanol–water partition coefficient (Wildman–Crippen LogP) is 2.63. The third kappa shape index (κ3) is 3.00. The fourth-order valence-electron chi connectivity index (χ4n) is 2.61. The van der Waals surface area contributed by atoms with Crippen molar-refractivity contribution in [1.82, 2.24) is 28.9 Å². The molecule has 0 aromatic carbocycles. The fourth-order valence-corrected chi connectivity index (χ4v) is 4.24. The van der Waals surface area contributed by atoms with Crippen LogP contribution in [0.15, 0.2) is 51.9 Å². The van der Waals surface area contributed by atoms with E-state index in [0.717, 1.165) is 22.4 Å². The number of pyridine rings is 1. The highest BCUT2D eigenvalue weighted by atomic mass is 32.2. The molecule has 4 aromatic heterocycles. The average Bonchev–Trinajstić information content (AvgIpc) is 3.35. The van der Waals surface area contributed by atoms with Gasteiger partial charge in [-0.25, -0.2) is 9.48 Å². The first-order chi connectivity index (χ1) is 12.3. The number of hydrogen-bond donors (Lipinski definition) is 0. The highest BCUT2D eigenvalue weighted by Gasteiger charge is 2.14. The van der Waals surface area contributed by atoms with Crippen LogP contribution in [0, 0.1) is 0 Å². The van der Waals surface area contributed by atoms with E-state index in [1.54, 1.807) is 33.7 Å². The first-order valence-electron chi connectivity index (χ1n) is 7.92. The fraction of sp³-hybridized carbons (Fsp3) is 0.250. The van der Waals surface area contributed by atoms with Crippen LogP contribution in [0.2, 0.25) is 0 Å². The van der Waals surface area contributed by atoms with E-state index in [-0.39, 0.29) is 5.69 Å². The molecule has 0 spiro atoms. The maximum absolute atomic E-state index is 12.3. The molecule has 0 radical (unpaired) electrons. The first kappa shape index (κ1) is 16.1. The van der Waals surface area contributed by atoms with Gasteiger partial charge in [0.05, 0.1) is 11.4 Å². The van der Waals surface area contributed by atoms with Crippen molar-refractivity contribution in [1.29, 1.82) is 0 Å². The summed E-state index contributed by atoms with van der Waals surface area (Å²) in [5.41, 5.74) is 0.543. The Balaban J connectivity index is 1.50. The van der Waals surface area contributed by atoms with E-state index >= 15 is 0 Å². The minimum Gasteiger partial charge on any atom is -0.302 e.